The Morgan fingerprint density at radius 1 is 1.29 bits per heavy atom. The Morgan fingerprint density at radius 3 is 2.36 bits per heavy atom. The smallest absolute Gasteiger partial charge is 0.455 e. The number of phenols is 1. The first-order valence-corrected chi connectivity index (χ1v) is 3.42. The van der Waals surface area contributed by atoms with Crippen LogP contribution in [0.2, 0.25) is 0 Å². The van der Waals surface area contributed by atoms with E-state index in [-0.39, 0.29) is 0 Å². The van der Waals surface area contributed by atoms with Crippen LogP contribution in [0, 0.1) is 5.82 Å². The Bertz CT molecular complexity index is 370. The van der Waals surface area contributed by atoms with Crippen LogP contribution in [-0.2, 0) is 0 Å². The topological polar surface area (TPSA) is 37.3 Å². The van der Waals surface area contributed by atoms with E-state index in [2.05, 4.69) is 0 Å². The molecule has 0 spiro atoms. The molecule has 1 N–H and O–H groups in total. The molecule has 0 heterocycles. The number of alkyl halides is 3. The highest BCUT2D eigenvalue weighted by Crippen LogP contribution is 2.27. The molecule has 0 aliphatic heterocycles. The van der Waals surface area contributed by atoms with E-state index in [0.29, 0.717) is 12.1 Å². The monoisotopic (exact) mass is 208 g/mol. The van der Waals surface area contributed by atoms with E-state index in [9.17, 15) is 22.4 Å². The lowest BCUT2D eigenvalue weighted by Crippen LogP contribution is -2.22. The number of rotatable bonds is 1. The predicted molar refractivity (Wildman–Crippen MR) is 38.5 cm³/mol. The van der Waals surface area contributed by atoms with Gasteiger partial charge in [0.25, 0.3) is 5.78 Å². The first-order valence-electron chi connectivity index (χ1n) is 3.42. The van der Waals surface area contributed by atoms with Crippen molar-refractivity contribution in [3.63, 3.8) is 0 Å². The molecule has 0 atom stereocenters. The number of phenolic OH excluding ortho intramolecular Hbond substituents is 1. The lowest BCUT2D eigenvalue weighted by Gasteiger charge is -2.06. The summed E-state index contributed by atoms with van der Waals surface area (Å²) in [6.45, 7) is 0. The summed E-state index contributed by atoms with van der Waals surface area (Å²) in [6, 6.07) is 1.78. The van der Waals surface area contributed by atoms with Crippen LogP contribution in [0.4, 0.5) is 17.6 Å². The van der Waals surface area contributed by atoms with E-state index in [1.54, 1.807) is 0 Å². The van der Waals surface area contributed by atoms with Gasteiger partial charge in [-0.1, -0.05) is 0 Å². The fourth-order valence-electron chi connectivity index (χ4n) is 0.843. The van der Waals surface area contributed by atoms with Gasteiger partial charge in [-0.05, 0) is 18.2 Å². The van der Waals surface area contributed by atoms with Gasteiger partial charge in [-0.3, -0.25) is 4.79 Å². The number of halogens is 4. The Morgan fingerprint density at radius 2 is 1.86 bits per heavy atom. The minimum Gasteiger partial charge on any atom is -0.507 e. The molecule has 0 saturated carbocycles. The van der Waals surface area contributed by atoms with E-state index in [1.165, 1.54) is 0 Å². The van der Waals surface area contributed by atoms with Crippen molar-refractivity contribution in [2.45, 2.75) is 6.18 Å². The highest BCUT2D eigenvalue weighted by atomic mass is 19.4. The summed E-state index contributed by atoms with van der Waals surface area (Å²) < 4.78 is 48.1. The van der Waals surface area contributed by atoms with Crippen molar-refractivity contribution in [1.29, 1.82) is 0 Å². The van der Waals surface area contributed by atoms with Crippen LogP contribution in [-0.4, -0.2) is 17.1 Å². The van der Waals surface area contributed by atoms with Crippen LogP contribution in [0.5, 0.6) is 5.75 Å². The minimum absolute atomic E-state index is 0.338. The summed E-state index contributed by atoms with van der Waals surface area (Å²) in [4.78, 5) is 10.6. The Hall–Kier alpha value is -1.59. The van der Waals surface area contributed by atoms with Crippen LogP contribution in [0.25, 0.3) is 0 Å². The van der Waals surface area contributed by atoms with Crippen LogP contribution < -0.4 is 0 Å². The summed E-state index contributed by atoms with van der Waals surface area (Å²) >= 11 is 0. The van der Waals surface area contributed by atoms with E-state index in [0.717, 1.165) is 6.07 Å². The van der Waals surface area contributed by atoms with Crippen molar-refractivity contribution in [2.24, 2.45) is 0 Å². The number of benzene rings is 1. The minimum atomic E-state index is -5.12. The van der Waals surface area contributed by atoms with Crippen molar-refractivity contribution < 1.29 is 27.5 Å². The van der Waals surface area contributed by atoms with Crippen molar-refractivity contribution in [3.05, 3.63) is 29.6 Å². The molecule has 1 aromatic rings. The van der Waals surface area contributed by atoms with Crippen molar-refractivity contribution >= 4 is 5.78 Å². The molecule has 0 fully saturated rings. The van der Waals surface area contributed by atoms with E-state index >= 15 is 0 Å². The second-order valence-corrected chi connectivity index (χ2v) is 2.49. The lowest BCUT2D eigenvalue weighted by atomic mass is 10.1. The normalized spacial score (nSPS) is 11.4. The molecule has 0 aliphatic rings. The predicted octanol–water partition coefficient (Wildman–Crippen LogP) is 2.28. The molecule has 1 aromatic carbocycles. The van der Waals surface area contributed by atoms with Gasteiger partial charge in [-0.25, -0.2) is 4.39 Å². The van der Waals surface area contributed by atoms with E-state index in [1.807, 2.05) is 0 Å². The summed E-state index contributed by atoms with van der Waals surface area (Å²) in [5.41, 5.74) is -1.09. The number of Topliss-reactive ketones (excluding diaryl/α,β-unsaturated/α-hetero) is 1. The average molecular weight is 208 g/mol. The molecule has 0 bridgehead atoms. The molecular formula is C8H4F4O2. The summed E-state index contributed by atoms with van der Waals surface area (Å²) in [5, 5.41) is 8.88. The Kier molecular flexibility index (Phi) is 2.46. The fourth-order valence-corrected chi connectivity index (χ4v) is 0.843. The van der Waals surface area contributed by atoms with Gasteiger partial charge in [0.05, 0.1) is 5.56 Å². The number of carbonyl (C=O) groups excluding carboxylic acids is 1. The maximum absolute atomic E-state index is 12.5. The van der Waals surface area contributed by atoms with Crippen molar-refractivity contribution in [3.8, 4) is 5.75 Å². The maximum atomic E-state index is 12.5. The number of hydrogen-bond acceptors (Lipinski definition) is 2. The highest BCUT2D eigenvalue weighted by molar-refractivity contribution is 6.02. The molecule has 0 radical (unpaired) electrons. The zero-order chi connectivity index (χ0) is 10.9. The van der Waals surface area contributed by atoms with E-state index in [4.69, 9.17) is 5.11 Å². The molecule has 76 valence electrons. The van der Waals surface area contributed by atoms with Crippen LogP contribution in [0.1, 0.15) is 10.4 Å². The third-order valence-electron chi connectivity index (χ3n) is 1.46. The number of ketones is 1. The molecule has 0 aliphatic carbocycles. The summed E-state index contributed by atoms with van der Waals surface area (Å²) in [6.07, 6.45) is -5.12. The first-order chi connectivity index (χ1) is 6.32. The molecule has 6 heteroatoms. The van der Waals surface area contributed by atoms with E-state index < -0.39 is 29.1 Å². The van der Waals surface area contributed by atoms with Gasteiger partial charge in [0.1, 0.15) is 11.6 Å². The summed E-state index contributed by atoms with van der Waals surface area (Å²) in [7, 11) is 0. The van der Waals surface area contributed by atoms with Gasteiger partial charge in [0, 0.05) is 0 Å². The van der Waals surface area contributed by atoms with Crippen LogP contribution in [0.3, 0.4) is 0 Å². The quantitative estimate of drug-likeness (QED) is 0.567. The maximum Gasteiger partial charge on any atom is 0.455 e. The van der Waals surface area contributed by atoms with Crippen molar-refractivity contribution in [1.82, 2.24) is 0 Å². The van der Waals surface area contributed by atoms with Crippen LogP contribution >= 0.6 is 0 Å². The zero-order valence-corrected chi connectivity index (χ0v) is 6.60. The standard InChI is InChI=1S/C8H4F4O2/c9-4-1-2-6(13)5(3-4)7(14)8(10,11)12/h1-3,13H. The second kappa shape index (κ2) is 3.28. The van der Waals surface area contributed by atoms with Gasteiger partial charge in [-0.2, -0.15) is 13.2 Å². The Balaban J connectivity index is 3.19. The Labute approximate surface area is 75.8 Å². The second-order valence-electron chi connectivity index (χ2n) is 2.49. The van der Waals surface area contributed by atoms with Gasteiger partial charge >= 0.3 is 6.18 Å². The van der Waals surface area contributed by atoms with Gasteiger partial charge < -0.3 is 5.11 Å². The lowest BCUT2D eigenvalue weighted by molar-refractivity contribution is -0.0886. The fraction of sp³-hybridized carbons (Fsp3) is 0.125. The highest BCUT2D eigenvalue weighted by Gasteiger charge is 2.40. The third-order valence-corrected chi connectivity index (χ3v) is 1.46. The third kappa shape index (κ3) is 2.01. The first kappa shape index (κ1) is 10.5. The SMILES string of the molecule is O=C(c1cc(F)ccc1O)C(F)(F)F. The molecule has 0 saturated heterocycles. The number of aromatic hydroxyl groups is 1. The van der Waals surface area contributed by atoms with Crippen molar-refractivity contribution in [2.75, 3.05) is 0 Å². The molecule has 14 heavy (non-hydrogen) atoms. The molecule has 0 amide bonds. The molecule has 1 rings (SSSR count). The van der Waals surface area contributed by atoms with Gasteiger partial charge in [-0.15, -0.1) is 0 Å². The number of carbonyl (C=O) groups is 1. The molecule has 0 unspecified atom stereocenters. The average Bonchev–Trinajstić information content (AvgIpc) is 2.06. The summed E-state index contributed by atoms with van der Waals surface area (Å²) in [5.74, 6) is -4.18. The largest absolute Gasteiger partial charge is 0.507 e. The number of hydrogen-bond donors (Lipinski definition) is 1. The molecular weight excluding hydrogens is 204 g/mol. The molecule has 0 aromatic heterocycles. The van der Waals surface area contributed by atoms with Crippen LogP contribution in [0.15, 0.2) is 18.2 Å². The van der Waals surface area contributed by atoms with Gasteiger partial charge in [0.15, 0.2) is 0 Å². The zero-order valence-electron chi connectivity index (χ0n) is 6.60. The molecule has 2 nitrogen and oxygen atoms in total. The van der Waals surface area contributed by atoms with Gasteiger partial charge in [0.2, 0.25) is 0 Å².